The zero-order valence-corrected chi connectivity index (χ0v) is 16.4. The van der Waals surface area contributed by atoms with Gasteiger partial charge in [0.2, 0.25) is 10.0 Å². The van der Waals surface area contributed by atoms with Crippen LogP contribution < -0.4 is 9.04 Å². The molecule has 1 heterocycles. The van der Waals surface area contributed by atoms with Crippen molar-refractivity contribution in [1.82, 2.24) is 0 Å². The van der Waals surface area contributed by atoms with Crippen molar-refractivity contribution in [3.63, 3.8) is 0 Å². The molecule has 0 saturated carbocycles. The lowest BCUT2D eigenvalue weighted by molar-refractivity contribution is -0.385. The van der Waals surface area contributed by atoms with Crippen LogP contribution in [-0.4, -0.2) is 38.5 Å². The number of carbonyl (C=O) groups excluding carboxylic acids is 1. The van der Waals surface area contributed by atoms with E-state index in [-0.39, 0.29) is 23.8 Å². The van der Waals surface area contributed by atoms with Crippen molar-refractivity contribution < 1.29 is 22.9 Å². The third kappa shape index (κ3) is 4.14. The topological polar surface area (TPSA) is 107 Å². The molecule has 0 aromatic heterocycles. The standard InChI is InChI=1S/C19H20N2O6S/c1-13-5-8-19(17(10-13)21(23)24)27-12-18(22)15-6-7-16-14(11-15)4-3-9-20(16)28(2,25)26/h5-8,10-11H,3-4,9,12H2,1-2H3. The Bertz CT molecular complexity index is 1050. The van der Waals surface area contributed by atoms with Gasteiger partial charge in [0.1, 0.15) is 0 Å². The van der Waals surface area contributed by atoms with Crippen molar-refractivity contribution in [3.05, 3.63) is 63.2 Å². The third-order valence-electron chi connectivity index (χ3n) is 4.55. The predicted molar refractivity (Wildman–Crippen MR) is 105 cm³/mol. The Morgan fingerprint density at radius 2 is 2.00 bits per heavy atom. The summed E-state index contributed by atoms with van der Waals surface area (Å²) in [6, 6.07) is 9.37. The van der Waals surface area contributed by atoms with E-state index in [9.17, 15) is 23.3 Å². The lowest BCUT2D eigenvalue weighted by Crippen LogP contribution is -2.34. The van der Waals surface area contributed by atoms with Crippen molar-refractivity contribution in [2.45, 2.75) is 19.8 Å². The van der Waals surface area contributed by atoms with Gasteiger partial charge in [0.05, 0.1) is 16.9 Å². The molecule has 0 spiro atoms. The van der Waals surface area contributed by atoms with Crippen LogP contribution in [0.1, 0.15) is 27.9 Å². The molecule has 1 aliphatic rings. The molecular formula is C19H20N2O6S. The summed E-state index contributed by atoms with van der Waals surface area (Å²) in [6.45, 7) is 1.80. The monoisotopic (exact) mass is 404 g/mol. The van der Waals surface area contributed by atoms with E-state index in [1.165, 1.54) is 16.4 Å². The van der Waals surface area contributed by atoms with Gasteiger partial charge in [-0.05, 0) is 55.2 Å². The highest BCUT2D eigenvalue weighted by Crippen LogP contribution is 2.31. The first kappa shape index (κ1) is 19.8. The number of ether oxygens (including phenoxy) is 1. The number of nitrogens with zero attached hydrogens (tertiary/aromatic N) is 2. The number of aryl methyl sites for hydroxylation is 2. The molecule has 0 N–H and O–H groups in total. The Kier molecular flexibility index (Phi) is 5.37. The van der Waals surface area contributed by atoms with E-state index in [0.29, 0.717) is 30.6 Å². The van der Waals surface area contributed by atoms with Gasteiger partial charge in [0.15, 0.2) is 18.1 Å². The van der Waals surface area contributed by atoms with Crippen LogP contribution in [0.5, 0.6) is 5.75 Å². The molecule has 0 fully saturated rings. The molecule has 0 atom stereocenters. The minimum atomic E-state index is -3.38. The second kappa shape index (κ2) is 7.59. The summed E-state index contributed by atoms with van der Waals surface area (Å²) >= 11 is 0. The molecule has 1 aliphatic heterocycles. The summed E-state index contributed by atoms with van der Waals surface area (Å²) in [5, 5.41) is 11.1. The van der Waals surface area contributed by atoms with Gasteiger partial charge in [-0.3, -0.25) is 19.2 Å². The first-order chi connectivity index (χ1) is 13.2. The van der Waals surface area contributed by atoms with Gasteiger partial charge in [0, 0.05) is 18.2 Å². The number of carbonyl (C=O) groups is 1. The van der Waals surface area contributed by atoms with Crippen LogP contribution >= 0.6 is 0 Å². The molecular weight excluding hydrogens is 384 g/mol. The lowest BCUT2D eigenvalue weighted by Gasteiger charge is -2.29. The number of sulfonamides is 1. The van der Waals surface area contributed by atoms with Gasteiger partial charge in [0.25, 0.3) is 0 Å². The van der Waals surface area contributed by atoms with E-state index < -0.39 is 14.9 Å². The van der Waals surface area contributed by atoms with Crippen LogP contribution in [0, 0.1) is 17.0 Å². The van der Waals surface area contributed by atoms with Crippen LogP contribution in [0.2, 0.25) is 0 Å². The van der Waals surface area contributed by atoms with Crippen molar-refractivity contribution in [2.24, 2.45) is 0 Å². The van der Waals surface area contributed by atoms with E-state index in [4.69, 9.17) is 4.74 Å². The smallest absolute Gasteiger partial charge is 0.311 e. The van der Waals surface area contributed by atoms with Crippen molar-refractivity contribution in [1.29, 1.82) is 0 Å². The second-order valence-corrected chi connectivity index (χ2v) is 8.63. The number of hydrogen-bond acceptors (Lipinski definition) is 6. The normalized spacial score (nSPS) is 13.7. The Balaban J connectivity index is 1.79. The van der Waals surface area contributed by atoms with Crippen molar-refractivity contribution >= 4 is 27.2 Å². The van der Waals surface area contributed by atoms with Crippen molar-refractivity contribution in [3.8, 4) is 5.75 Å². The third-order valence-corrected chi connectivity index (χ3v) is 5.73. The summed E-state index contributed by atoms with van der Waals surface area (Å²) in [6.07, 6.45) is 2.50. The molecule has 0 bridgehead atoms. The molecule has 148 valence electrons. The fourth-order valence-corrected chi connectivity index (χ4v) is 4.20. The fraction of sp³-hybridized carbons (Fsp3) is 0.316. The molecule has 8 nitrogen and oxygen atoms in total. The van der Waals surface area contributed by atoms with E-state index in [2.05, 4.69) is 0 Å². The SMILES string of the molecule is Cc1ccc(OCC(=O)c2ccc3c(c2)CCCN3S(C)(=O)=O)c([N+](=O)[O-])c1. The van der Waals surface area contributed by atoms with E-state index >= 15 is 0 Å². The maximum Gasteiger partial charge on any atom is 0.311 e. The summed E-state index contributed by atoms with van der Waals surface area (Å²) in [5.41, 5.74) is 2.27. The number of hydrogen-bond donors (Lipinski definition) is 0. The highest BCUT2D eigenvalue weighted by molar-refractivity contribution is 7.92. The van der Waals surface area contributed by atoms with E-state index in [0.717, 1.165) is 17.4 Å². The summed E-state index contributed by atoms with van der Waals surface area (Å²) in [7, 11) is -3.38. The number of ketones is 1. The van der Waals surface area contributed by atoms with Crippen LogP contribution in [0.15, 0.2) is 36.4 Å². The zero-order chi connectivity index (χ0) is 20.5. The fourth-order valence-electron chi connectivity index (χ4n) is 3.20. The molecule has 9 heteroatoms. The quantitative estimate of drug-likeness (QED) is 0.416. The van der Waals surface area contributed by atoms with Crippen molar-refractivity contribution in [2.75, 3.05) is 23.7 Å². The van der Waals surface area contributed by atoms with Crippen LogP contribution in [-0.2, 0) is 16.4 Å². The summed E-state index contributed by atoms with van der Waals surface area (Å²) in [5.74, 6) is -0.306. The van der Waals surface area contributed by atoms with Gasteiger partial charge in [-0.2, -0.15) is 0 Å². The minimum absolute atomic E-state index is 0.0326. The number of Topliss-reactive ketones (excluding diaryl/α,β-unsaturated/α-hetero) is 1. The Hall–Kier alpha value is -2.94. The first-order valence-electron chi connectivity index (χ1n) is 8.68. The van der Waals surface area contributed by atoms with Crippen LogP contribution in [0.4, 0.5) is 11.4 Å². The molecule has 0 radical (unpaired) electrons. The highest BCUT2D eigenvalue weighted by Gasteiger charge is 2.25. The largest absolute Gasteiger partial charge is 0.478 e. The van der Waals surface area contributed by atoms with Gasteiger partial charge >= 0.3 is 5.69 Å². The molecule has 0 saturated heterocycles. The minimum Gasteiger partial charge on any atom is -0.478 e. The number of nitro benzene ring substituents is 1. The van der Waals surface area contributed by atoms with Gasteiger partial charge in [-0.25, -0.2) is 8.42 Å². The maximum atomic E-state index is 12.5. The Labute approximate surface area is 162 Å². The first-order valence-corrected chi connectivity index (χ1v) is 10.5. The molecule has 0 unspecified atom stereocenters. The van der Waals surface area contributed by atoms with Crippen LogP contribution in [0.3, 0.4) is 0 Å². The predicted octanol–water partition coefficient (Wildman–Crippen LogP) is 2.88. The zero-order valence-electron chi connectivity index (χ0n) is 15.5. The summed E-state index contributed by atoms with van der Waals surface area (Å²) in [4.78, 5) is 23.1. The number of nitro groups is 1. The molecule has 2 aromatic rings. The number of rotatable bonds is 6. The number of anilines is 1. The Morgan fingerprint density at radius 3 is 2.68 bits per heavy atom. The molecule has 0 amide bonds. The average molecular weight is 404 g/mol. The maximum absolute atomic E-state index is 12.5. The number of benzene rings is 2. The molecule has 3 rings (SSSR count). The van der Waals surface area contributed by atoms with Gasteiger partial charge in [-0.15, -0.1) is 0 Å². The van der Waals surface area contributed by atoms with E-state index in [1.54, 1.807) is 31.2 Å². The Morgan fingerprint density at radius 1 is 1.25 bits per heavy atom. The summed E-state index contributed by atoms with van der Waals surface area (Å²) < 4.78 is 30.6. The lowest BCUT2D eigenvalue weighted by atomic mass is 9.99. The number of fused-ring (bicyclic) bond motifs is 1. The van der Waals surface area contributed by atoms with Crippen LogP contribution in [0.25, 0.3) is 0 Å². The highest BCUT2D eigenvalue weighted by atomic mass is 32.2. The van der Waals surface area contributed by atoms with E-state index in [1.807, 2.05) is 0 Å². The van der Waals surface area contributed by atoms with Gasteiger partial charge in [-0.1, -0.05) is 6.07 Å². The molecule has 2 aromatic carbocycles. The molecule has 0 aliphatic carbocycles. The average Bonchev–Trinajstić information content (AvgIpc) is 2.64. The second-order valence-electron chi connectivity index (χ2n) is 6.72. The van der Waals surface area contributed by atoms with Gasteiger partial charge < -0.3 is 4.74 Å². The molecule has 28 heavy (non-hydrogen) atoms.